The first-order valence-corrected chi connectivity index (χ1v) is 5.11. The summed E-state index contributed by atoms with van der Waals surface area (Å²) in [6.07, 6.45) is 3.64. The van der Waals surface area contributed by atoms with Gasteiger partial charge in [0.2, 0.25) is 0 Å². The van der Waals surface area contributed by atoms with E-state index in [9.17, 15) is 4.79 Å². The quantitative estimate of drug-likeness (QED) is 0.609. The summed E-state index contributed by atoms with van der Waals surface area (Å²) in [4.78, 5) is 15.2. The van der Waals surface area contributed by atoms with Gasteiger partial charge in [0.05, 0.1) is 0 Å². The van der Waals surface area contributed by atoms with Gasteiger partial charge in [-0.05, 0) is 18.8 Å². The van der Waals surface area contributed by atoms with Crippen LogP contribution >= 0.6 is 0 Å². The lowest BCUT2D eigenvalue weighted by Gasteiger charge is -2.33. The van der Waals surface area contributed by atoms with E-state index < -0.39 is 0 Å². The molecule has 0 spiro atoms. The van der Waals surface area contributed by atoms with Crippen LogP contribution in [0.2, 0.25) is 0 Å². The molecule has 13 heavy (non-hydrogen) atoms. The fourth-order valence-corrected chi connectivity index (χ4v) is 1.85. The van der Waals surface area contributed by atoms with Crippen molar-refractivity contribution >= 4 is 6.03 Å². The summed E-state index contributed by atoms with van der Waals surface area (Å²) in [5.74, 6) is 0.720. The van der Waals surface area contributed by atoms with Crippen molar-refractivity contribution in [1.82, 2.24) is 9.80 Å². The molecule has 0 N–H and O–H groups in total. The Hall–Kier alpha value is -0.730. The van der Waals surface area contributed by atoms with Crippen molar-refractivity contribution in [3.05, 3.63) is 0 Å². The van der Waals surface area contributed by atoms with Crippen LogP contribution in [-0.4, -0.2) is 43.0 Å². The van der Waals surface area contributed by atoms with Crippen molar-refractivity contribution in [2.24, 2.45) is 5.92 Å². The third kappa shape index (κ3) is 2.61. The van der Waals surface area contributed by atoms with E-state index in [1.807, 2.05) is 19.0 Å². The maximum absolute atomic E-state index is 11.6. The first-order chi connectivity index (χ1) is 6.15. The summed E-state index contributed by atoms with van der Waals surface area (Å²) >= 11 is 0. The molecule has 0 unspecified atom stereocenters. The minimum atomic E-state index is 0.165. The van der Waals surface area contributed by atoms with Crippen LogP contribution in [0.4, 0.5) is 4.79 Å². The van der Waals surface area contributed by atoms with Gasteiger partial charge < -0.3 is 9.80 Å². The topological polar surface area (TPSA) is 23.6 Å². The van der Waals surface area contributed by atoms with Gasteiger partial charge in [0.1, 0.15) is 0 Å². The molecule has 0 aliphatic carbocycles. The van der Waals surface area contributed by atoms with E-state index in [2.05, 4.69) is 6.92 Å². The Morgan fingerprint density at radius 3 is 2.77 bits per heavy atom. The molecule has 1 atom stereocenters. The lowest BCUT2D eigenvalue weighted by atomic mass is 9.96. The van der Waals surface area contributed by atoms with Gasteiger partial charge >= 0.3 is 6.03 Å². The van der Waals surface area contributed by atoms with Crippen LogP contribution in [0.15, 0.2) is 0 Å². The molecular weight excluding hydrogens is 164 g/mol. The van der Waals surface area contributed by atoms with E-state index in [-0.39, 0.29) is 6.03 Å². The monoisotopic (exact) mass is 184 g/mol. The molecule has 3 heteroatoms. The van der Waals surface area contributed by atoms with Crippen molar-refractivity contribution in [2.45, 2.75) is 26.2 Å². The molecule has 0 bridgehead atoms. The van der Waals surface area contributed by atoms with Crippen molar-refractivity contribution in [1.29, 1.82) is 0 Å². The second kappa shape index (κ2) is 4.49. The third-order valence-electron chi connectivity index (χ3n) is 2.75. The van der Waals surface area contributed by atoms with Crippen LogP contribution in [-0.2, 0) is 0 Å². The van der Waals surface area contributed by atoms with Crippen LogP contribution in [0.25, 0.3) is 0 Å². The summed E-state index contributed by atoms with van der Waals surface area (Å²) in [5, 5.41) is 0. The van der Waals surface area contributed by atoms with E-state index in [1.54, 1.807) is 4.90 Å². The van der Waals surface area contributed by atoms with Gasteiger partial charge in [-0.25, -0.2) is 4.79 Å². The lowest BCUT2D eigenvalue weighted by Crippen LogP contribution is -2.44. The molecule has 0 aromatic carbocycles. The van der Waals surface area contributed by atoms with E-state index in [4.69, 9.17) is 0 Å². The van der Waals surface area contributed by atoms with Crippen LogP contribution in [0, 0.1) is 5.92 Å². The lowest BCUT2D eigenvalue weighted by molar-refractivity contribution is 0.142. The maximum atomic E-state index is 11.6. The number of carbonyl (C=O) groups is 1. The zero-order valence-electron chi connectivity index (χ0n) is 8.92. The Labute approximate surface area is 80.7 Å². The average molecular weight is 184 g/mol. The molecule has 0 aromatic rings. The van der Waals surface area contributed by atoms with E-state index in [0.29, 0.717) is 0 Å². The average Bonchev–Trinajstić information content (AvgIpc) is 2.16. The molecule has 3 nitrogen and oxygen atoms in total. The molecule has 1 aliphatic rings. The molecule has 1 rings (SSSR count). The zero-order chi connectivity index (χ0) is 9.84. The van der Waals surface area contributed by atoms with Gasteiger partial charge in [0.25, 0.3) is 0 Å². The minimum absolute atomic E-state index is 0.165. The highest BCUT2D eigenvalue weighted by Crippen LogP contribution is 2.19. The number of nitrogens with zero attached hydrogens (tertiary/aromatic N) is 2. The minimum Gasteiger partial charge on any atom is -0.331 e. The van der Waals surface area contributed by atoms with Gasteiger partial charge in [-0.2, -0.15) is 0 Å². The number of hydrogen-bond acceptors (Lipinski definition) is 1. The van der Waals surface area contributed by atoms with Gasteiger partial charge in [-0.3, -0.25) is 0 Å². The van der Waals surface area contributed by atoms with Crippen molar-refractivity contribution in [2.75, 3.05) is 27.2 Å². The summed E-state index contributed by atoms with van der Waals surface area (Å²) < 4.78 is 0. The Morgan fingerprint density at radius 2 is 2.23 bits per heavy atom. The molecule has 0 radical (unpaired) electrons. The smallest absolute Gasteiger partial charge is 0.319 e. The Kier molecular flexibility index (Phi) is 3.58. The largest absolute Gasteiger partial charge is 0.331 e. The van der Waals surface area contributed by atoms with E-state index >= 15 is 0 Å². The second-order valence-electron chi connectivity index (χ2n) is 4.04. The summed E-state index contributed by atoms with van der Waals surface area (Å²) in [6.45, 7) is 4.09. The van der Waals surface area contributed by atoms with Crippen molar-refractivity contribution in [3.63, 3.8) is 0 Å². The number of carbonyl (C=O) groups excluding carboxylic acids is 1. The Balaban J connectivity index is 2.46. The predicted octanol–water partition coefficient (Wildman–Crippen LogP) is 1.79. The molecule has 0 saturated carbocycles. The van der Waals surface area contributed by atoms with E-state index in [1.165, 1.54) is 12.8 Å². The summed E-state index contributed by atoms with van der Waals surface area (Å²) in [7, 11) is 3.63. The fraction of sp³-hybridized carbons (Fsp3) is 0.900. The van der Waals surface area contributed by atoms with Crippen LogP contribution in [0.1, 0.15) is 26.2 Å². The number of likely N-dealkylation sites (tertiary alicyclic amines) is 1. The van der Waals surface area contributed by atoms with Gasteiger partial charge in [0.15, 0.2) is 0 Å². The zero-order valence-corrected chi connectivity index (χ0v) is 8.92. The number of urea groups is 1. The number of rotatable bonds is 1. The molecule has 76 valence electrons. The van der Waals surface area contributed by atoms with Crippen molar-refractivity contribution in [3.8, 4) is 0 Å². The van der Waals surface area contributed by atoms with Gasteiger partial charge in [-0.15, -0.1) is 0 Å². The first kappa shape index (κ1) is 10.4. The molecule has 0 aromatic heterocycles. The molecule has 1 saturated heterocycles. The summed E-state index contributed by atoms with van der Waals surface area (Å²) in [6, 6.07) is 0.165. The van der Waals surface area contributed by atoms with Gasteiger partial charge in [-0.1, -0.05) is 13.3 Å². The molecular formula is C10H20N2O. The van der Waals surface area contributed by atoms with Crippen molar-refractivity contribution < 1.29 is 4.79 Å². The Bertz CT molecular complexity index is 180. The molecule has 1 heterocycles. The summed E-state index contributed by atoms with van der Waals surface area (Å²) in [5.41, 5.74) is 0. The molecule has 1 aliphatic heterocycles. The maximum Gasteiger partial charge on any atom is 0.319 e. The van der Waals surface area contributed by atoms with Crippen LogP contribution in [0.5, 0.6) is 0 Å². The molecule has 2 amide bonds. The van der Waals surface area contributed by atoms with E-state index in [0.717, 1.165) is 25.4 Å². The number of hydrogen-bond donors (Lipinski definition) is 0. The normalized spacial score (nSPS) is 23.0. The van der Waals surface area contributed by atoms with Crippen LogP contribution in [0.3, 0.4) is 0 Å². The van der Waals surface area contributed by atoms with Gasteiger partial charge in [0, 0.05) is 27.2 Å². The standard InChI is InChI=1S/C10H20N2O/c1-4-9-6-5-7-12(8-9)10(13)11(2)3/h9H,4-8H2,1-3H3/t9-/m1/s1. The molecule has 1 fully saturated rings. The predicted molar refractivity (Wildman–Crippen MR) is 53.7 cm³/mol. The second-order valence-corrected chi connectivity index (χ2v) is 4.04. The highest BCUT2D eigenvalue weighted by atomic mass is 16.2. The SMILES string of the molecule is CC[C@@H]1CCCN(C(=O)N(C)C)C1. The number of piperidine rings is 1. The highest BCUT2D eigenvalue weighted by molar-refractivity contribution is 5.73. The first-order valence-electron chi connectivity index (χ1n) is 5.11. The Morgan fingerprint density at radius 1 is 1.54 bits per heavy atom. The third-order valence-corrected chi connectivity index (χ3v) is 2.75. The van der Waals surface area contributed by atoms with Crippen LogP contribution < -0.4 is 0 Å². The number of amides is 2. The highest BCUT2D eigenvalue weighted by Gasteiger charge is 2.23. The fourth-order valence-electron chi connectivity index (χ4n) is 1.85.